The molecule has 0 aliphatic carbocycles. The van der Waals surface area contributed by atoms with Crippen molar-refractivity contribution in [1.29, 1.82) is 10.5 Å². The Balaban J connectivity index is 2.32. The molecule has 0 aliphatic rings. The van der Waals surface area contributed by atoms with E-state index in [0.29, 0.717) is 34.0 Å². The molecule has 0 radical (unpaired) electrons. The molecule has 0 heterocycles. The predicted molar refractivity (Wildman–Crippen MR) is 71.2 cm³/mol. The zero-order chi connectivity index (χ0) is 13.8. The zero-order valence-corrected chi connectivity index (χ0v) is 9.92. The molecule has 0 amide bonds. The van der Waals surface area contributed by atoms with Crippen LogP contribution >= 0.6 is 0 Å². The highest BCUT2D eigenvalue weighted by Crippen LogP contribution is 2.27. The van der Waals surface area contributed by atoms with Gasteiger partial charge in [-0.2, -0.15) is 10.5 Å². The molecule has 0 spiro atoms. The molecule has 0 fully saturated rings. The van der Waals surface area contributed by atoms with Crippen LogP contribution in [0.4, 0.5) is 11.4 Å². The van der Waals surface area contributed by atoms with Crippen molar-refractivity contribution in [3.05, 3.63) is 47.5 Å². The van der Waals surface area contributed by atoms with Crippen LogP contribution in [0.2, 0.25) is 0 Å². The lowest BCUT2D eigenvalue weighted by Crippen LogP contribution is -1.93. The first-order valence-corrected chi connectivity index (χ1v) is 5.41. The number of benzene rings is 2. The molecule has 0 saturated carbocycles. The van der Waals surface area contributed by atoms with Gasteiger partial charge in [-0.05, 0) is 24.3 Å². The Bertz CT molecular complexity index is 649. The number of nitrogens with two attached hydrogens (primary N) is 2. The number of nitriles is 2. The molecule has 5 heteroatoms. The summed E-state index contributed by atoms with van der Waals surface area (Å²) in [5.74, 6) is 0.943. The Morgan fingerprint density at radius 1 is 0.789 bits per heavy atom. The third kappa shape index (κ3) is 2.56. The molecule has 2 aromatic rings. The summed E-state index contributed by atoms with van der Waals surface area (Å²) in [5.41, 5.74) is 12.7. The lowest BCUT2D eigenvalue weighted by Gasteiger charge is -2.08. The van der Waals surface area contributed by atoms with Crippen LogP contribution in [0.1, 0.15) is 11.1 Å². The van der Waals surface area contributed by atoms with Crippen LogP contribution in [-0.2, 0) is 0 Å². The highest BCUT2D eigenvalue weighted by molar-refractivity contribution is 5.59. The molecular formula is C14H10N4O. The predicted octanol–water partition coefficient (Wildman–Crippen LogP) is 2.39. The van der Waals surface area contributed by atoms with Crippen molar-refractivity contribution < 1.29 is 4.74 Å². The van der Waals surface area contributed by atoms with Crippen LogP contribution in [-0.4, -0.2) is 0 Å². The summed E-state index contributed by atoms with van der Waals surface area (Å²) < 4.78 is 5.56. The minimum Gasteiger partial charge on any atom is -0.457 e. The fourth-order valence-corrected chi connectivity index (χ4v) is 1.53. The monoisotopic (exact) mass is 250 g/mol. The average Bonchev–Trinajstić information content (AvgIpc) is 2.43. The maximum absolute atomic E-state index is 8.88. The highest BCUT2D eigenvalue weighted by Gasteiger charge is 2.05. The van der Waals surface area contributed by atoms with E-state index in [-0.39, 0.29) is 0 Å². The molecule has 2 aromatic carbocycles. The quantitative estimate of drug-likeness (QED) is 0.795. The standard InChI is InChI=1S/C14H10N4O/c15-7-9-5-11(1-3-13(9)17)19-12-2-4-14(18)10(6-12)8-16/h1-6H,17-18H2. The molecule has 0 unspecified atom stereocenters. The molecule has 5 nitrogen and oxygen atoms in total. The average molecular weight is 250 g/mol. The van der Waals surface area contributed by atoms with Crippen molar-refractivity contribution in [2.45, 2.75) is 0 Å². The van der Waals surface area contributed by atoms with E-state index in [1.54, 1.807) is 24.3 Å². The van der Waals surface area contributed by atoms with Gasteiger partial charge in [0.1, 0.15) is 23.6 Å². The van der Waals surface area contributed by atoms with Gasteiger partial charge < -0.3 is 16.2 Å². The summed E-state index contributed by atoms with van der Waals surface area (Å²) in [6.07, 6.45) is 0. The number of hydrogen-bond acceptors (Lipinski definition) is 5. The first-order chi connectivity index (χ1) is 9.13. The number of ether oxygens (including phenoxy) is 1. The molecule has 0 aromatic heterocycles. The molecule has 2 rings (SSSR count). The second-order valence-corrected chi connectivity index (χ2v) is 3.82. The zero-order valence-electron chi connectivity index (χ0n) is 9.92. The fraction of sp³-hybridized carbons (Fsp3) is 0. The summed E-state index contributed by atoms with van der Waals surface area (Å²) >= 11 is 0. The topological polar surface area (TPSA) is 109 Å². The van der Waals surface area contributed by atoms with Crippen LogP contribution in [0.5, 0.6) is 11.5 Å². The van der Waals surface area contributed by atoms with Gasteiger partial charge in [0.25, 0.3) is 0 Å². The lowest BCUT2D eigenvalue weighted by molar-refractivity contribution is 0.482. The van der Waals surface area contributed by atoms with Gasteiger partial charge in [0.2, 0.25) is 0 Å². The van der Waals surface area contributed by atoms with Crippen molar-refractivity contribution >= 4 is 11.4 Å². The second-order valence-electron chi connectivity index (χ2n) is 3.82. The number of nitrogen functional groups attached to an aromatic ring is 2. The number of nitrogens with zero attached hydrogens (tertiary/aromatic N) is 2. The van der Waals surface area contributed by atoms with Crippen molar-refractivity contribution in [3.8, 4) is 23.6 Å². The van der Waals surface area contributed by atoms with Crippen molar-refractivity contribution in [3.63, 3.8) is 0 Å². The summed E-state index contributed by atoms with van der Waals surface area (Å²) in [6.45, 7) is 0. The second kappa shape index (κ2) is 4.99. The summed E-state index contributed by atoms with van der Waals surface area (Å²) in [6, 6.07) is 13.5. The van der Waals surface area contributed by atoms with Gasteiger partial charge >= 0.3 is 0 Å². The first-order valence-electron chi connectivity index (χ1n) is 5.41. The number of anilines is 2. The summed E-state index contributed by atoms with van der Waals surface area (Å²) in [4.78, 5) is 0. The van der Waals surface area contributed by atoms with Crippen LogP contribution in [0, 0.1) is 22.7 Å². The largest absolute Gasteiger partial charge is 0.457 e. The molecular weight excluding hydrogens is 240 g/mol. The third-order valence-corrected chi connectivity index (χ3v) is 2.53. The van der Waals surface area contributed by atoms with E-state index in [1.165, 1.54) is 12.1 Å². The van der Waals surface area contributed by atoms with Gasteiger partial charge in [-0.1, -0.05) is 0 Å². The van der Waals surface area contributed by atoms with E-state index in [2.05, 4.69) is 0 Å². The smallest absolute Gasteiger partial charge is 0.128 e. The van der Waals surface area contributed by atoms with Gasteiger partial charge in [-0.15, -0.1) is 0 Å². The Morgan fingerprint density at radius 2 is 1.21 bits per heavy atom. The van der Waals surface area contributed by atoms with Crippen LogP contribution in [0.3, 0.4) is 0 Å². The molecule has 0 bridgehead atoms. The minimum absolute atomic E-state index is 0.341. The van der Waals surface area contributed by atoms with Gasteiger partial charge in [0.05, 0.1) is 11.1 Å². The molecule has 0 atom stereocenters. The normalized spacial score (nSPS) is 9.37. The van der Waals surface area contributed by atoms with E-state index in [4.69, 9.17) is 26.7 Å². The van der Waals surface area contributed by atoms with Gasteiger partial charge in [0.15, 0.2) is 0 Å². The van der Waals surface area contributed by atoms with E-state index < -0.39 is 0 Å². The molecule has 19 heavy (non-hydrogen) atoms. The molecule has 4 N–H and O–H groups in total. The highest BCUT2D eigenvalue weighted by atomic mass is 16.5. The SMILES string of the molecule is N#Cc1cc(Oc2ccc(N)c(C#N)c2)ccc1N. The number of hydrogen-bond donors (Lipinski definition) is 2. The Morgan fingerprint density at radius 3 is 1.58 bits per heavy atom. The summed E-state index contributed by atoms with van der Waals surface area (Å²) in [7, 11) is 0. The maximum atomic E-state index is 8.88. The van der Waals surface area contributed by atoms with E-state index in [1.807, 2.05) is 12.1 Å². The van der Waals surface area contributed by atoms with Gasteiger partial charge in [-0.25, -0.2) is 0 Å². The van der Waals surface area contributed by atoms with E-state index >= 15 is 0 Å². The summed E-state index contributed by atoms with van der Waals surface area (Å²) in [5, 5.41) is 17.8. The number of rotatable bonds is 2. The third-order valence-electron chi connectivity index (χ3n) is 2.53. The van der Waals surface area contributed by atoms with Crippen molar-refractivity contribution in [2.75, 3.05) is 11.5 Å². The van der Waals surface area contributed by atoms with Crippen LogP contribution < -0.4 is 16.2 Å². The Labute approximate surface area is 110 Å². The maximum Gasteiger partial charge on any atom is 0.128 e. The van der Waals surface area contributed by atoms with Crippen molar-refractivity contribution in [2.24, 2.45) is 0 Å². The molecule has 0 saturated heterocycles. The Hall–Kier alpha value is -3.18. The minimum atomic E-state index is 0.341. The van der Waals surface area contributed by atoms with Crippen LogP contribution in [0.25, 0.3) is 0 Å². The van der Waals surface area contributed by atoms with Crippen LogP contribution in [0.15, 0.2) is 36.4 Å². The van der Waals surface area contributed by atoms with Crippen molar-refractivity contribution in [1.82, 2.24) is 0 Å². The Kier molecular flexibility index (Phi) is 3.22. The van der Waals surface area contributed by atoms with Gasteiger partial charge in [-0.3, -0.25) is 0 Å². The van der Waals surface area contributed by atoms with Gasteiger partial charge in [0, 0.05) is 23.5 Å². The van der Waals surface area contributed by atoms with E-state index in [0.717, 1.165) is 0 Å². The van der Waals surface area contributed by atoms with E-state index in [9.17, 15) is 0 Å². The molecule has 92 valence electrons. The first kappa shape index (κ1) is 12.3. The fourth-order valence-electron chi connectivity index (χ4n) is 1.53. The molecule has 0 aliphatic heterocycles. The lowest BCUT2D eigenvalue weighted by atomic mass is 10.2.